The van der Waals surface area contributed by atoms with Gasteiger partial charge in [0.1, 0.15) is 10.6 Å². The highest BCUT2D eigenvalue weighted by molar-refractivity contribution is 7.15. The van der Waals surface area contributed by atoms with Crippen LogP contribution in [-0.2, 0) is 10.4 Å². The van der Waals surface area contributed by atoms with Crippen LogP contribution in [0.15, 0.2) is 36.7 Å². The van der Waals surface area contributed by atoms with Gasteiger partial charge in [-0.2, -0.15) is 0 Å². The predicted molar refractivity (Wildman–Crippen MR) is 130 cm³/mol. The Kier molecular flexibility index (Phi) is 6.50. The number of carbonyl (C=O) groups is 1. The van der Waals surface area contributed by atoms with Gasteiger partial charge < -0.3 is 15.5 Å². The van der Waals surface area contributed by atoms with Crippen LogP contribution in [0.25, 0.3) is 10.4 Å². The summed E-state index contributed by atoms with van der Waals surface area (Å²) in [6.45, 7) is 7.74. The van der Waals surface area contributed by atoms with Gasteiger partial charge in [0.2, 0.25) is 5.95 Å². The molecule has 2 aromatic heterocycles. The molecule has 174 valence electrons. The van der Waals surface area contributed by atoms with Gasteiger partial charge in [-0.15, -0.1) is 11.3 Å². The van der Waals surface area contributed by atoms with Gasteiger partial charge in [0.25, 0.3) is 0 Å². The third-order valence-electron chi connectivity index (χ3n) is 6.63. The SMILES string of the molecule is Cc1cc(Nc2nccc(C)n2)cc(-c2cnc([C@@](C)(O)[C@@H]3CC[C@@H](C(=O)O)[C@@H](C)C3)s2)c1. The van der Waals surface area contributed by atoms with E-state index in [1.54, 1.807) is 6.20 Å². The van der Waals surface area contributed by atoms with Gasteiger partial charge in [-0.05, 0) is 81.2 Å². The Hall–Kier alpha value is -2.84. The molecule has 0 unspecified atom stereocenters. The number of anilines is 2. The van der Waals surface area contributed by atoms with E-state index in [0.29, 0.717) is 30.2 Å². The van der Waals surface area contributed by atoms with Gasteiger partial charge in [0, 0.05) is 23.8 Å². The maximum Gasteiger partial charge on any atom is 0.306 e. The number of thiazole rings is 1. The van der Waals surface area contributed by atoms with Crippen LogP contribution in [0.2, 0.25) is 0 Å². The van der Waals surface area contributed by atoms with E-state index in [-0.39, 0.29) is 17.8 Å². The van der Waals surface area contributed by atoms with Gasteiger partial charge in [-0.25, -0.2) is 15.0 Å². The number of aromatic nitrogens is 3. The van der Waals surface area contributed by atoms with E-state index < -0.39 is 11.6 Å². The van der Waals surface area contributed by atoms with Crippen molar-refractivity contribution in [2.45, 2.75) is 52.6 Å². The van der Waals surface area contributed by atoms with E-state index in [9.17, 15) is 15.0 Å². The van der Waals surface area contributed by atoms with Crippen LogP contribution in [0.5, 0.6) is 0 Å². The molecular formula is C25H30N4O3S. The normalized spacial score (nSPS) is 22.5. The van der Waals surface area contributed by atoms with Crippen molar-refractivity contribution in [2.24, 2.45) is 17.8 Å². The van der Waals surface area contributed by atoms with Crippen molar-refractivity contribution in [1.29, 1.82) is 0 Å². The van der Waals surface area contributed by atoms with Crippen molar-refractivity contribution < 1.29 is 15.0 Å². The molecule has 1 aliphatic carbocycles. The number of carboxylic acid groups (broad SMARTS) is 1. The van der Waals surface area contributed by atoms with E-state index in [4.69, 9.17) is 0 Å². The second-order valence-corrected chi connectivity index (χ2v) is 10.4. The highest BCUT2D eigenvalue weighted by atomic mass is 32.1. The van der Waals surface area contributed by atoms with Gasteiger partial charge in [0.15, 0.2) is 0 Å². The summed E-state index contributed by atoms with van der Waals surface area (Å²) in [7, 11) is 0. The first kappa shape index (κ1) is 23.3. The van der Waals surface area contributed by atoms with Crippen LogP contribution in [0, 0.1) is 31.6 Å². The van der Waals surface area contributed by atoms with Crippen molar-refractivity contribution >= 4 is 28.9 Å². The van der Waals surface area contributed by atoms with Gasteiger partial charge in [0.05, 0.1) is 10.8 Å². The first-order valence-electron chi connectivity index (χ1n) is 11.2. The fraction of sp³-hybridized carbons (Fsp3) is 0.440. The molecule has 7 nitrogen and oxygen atoms in total. The maximum atomic E-state index is 11.5. The molecule has 4 atom stereocenters. The lowest BCUT2D eigenvalue weighted by Crippen LogP contribution is -2.39. The molecule has 1 aromatic carbocycles. The predicted octanol–water partition coefficient (Wildman–Crippen LogP) is 5.31. The molecule has 8 heteroatoms. The highest BCUT2D eigenvalue weighted by Gasteiger charge is 2.42. The molecule has 3 aromatic rings. The molecule has 1 saturated carbocycles. The fourth-order valence-electron chi connectivity index (χ4n) is 4.73. The molecule has 1 aliphatic rings. The van der Waals surface area contributed by atoms with Crippen molar-refractivity contribution in [1.82, 2.24) is 15.0 Å². The third kappa shape index (κ3) is 5.07. The lowest BCUT2D eigenvalue weighted by atomic mass is 9.69. The number of aliphatic carboxylic acids is 1. The lowest BCUT2D eigenvalue weighted by Gasteiger charge is -2.39. The molecule has 0 bridgehead atoms. The molecule has 33 heavy (non-hydrogen) atoms. The molecule has 0 amide bonds. The van der Waals surface area contributed by atoms with Crippen LogP contribution in [-0.4, -0.2) is 31.1 Å². The number of hydrogen-bond donors (Lipinski definition) is 3. The number of nitrogens with zero attached hydrogens (tertiary/aromatic N) is 3. The Labute approximate surface area is 198 Å². The summed E-state index contributed by atoms with van der Waals surface area (Å²) in [5.74, 6) is -0.515. The summed E-state index contributed by atoms with van der Waals surface area (Å²) in [6, 6.07) is 8.02. The van der Waals surface area contributed by atoms with Crippen LogP contribution >= 0.6 is 11.3 Å². The molecular weight excluding hydrogens is 436 g/mol. The Balaban J connectivity index is 1.55. The summed E-state index contributed by atoms with van der Waals surface area (Å²) in [5.41, 5.74) is 2.78. The molecule has 0 spiro atoms. The smallest absolute Gasteiger partial charge is 0.306 e. The average Bonchev–Trinajstić information content (AvgIpc) is 3.24. The number of rotatable bonds is 6. The number of aryl methyl sites for hydroxylation is 2. The molecule has 2 heterocycles. The zero-order valence-electron chi connectivity index (χ0n) is 19.4. The fourth-order valence-corrected chi connectivity index (χ4v) is 5.75. The van der Waals surface area contributed by atoms with Crippen molar-refractivity contribution in [3.05, 3.63) is 52.9 Å². The summed E-state index contributed by atoms with van der Waals surface area (Å²) in [5, 5.41) is 24.8. The summed E-state index contributed by atoms with van der Waals surface area (Å²) in [4.78, 5) is 25.7. The molecule has 0 saturated heterocycles. The Morgan fingerprint density at radius 3 is 2.70 bits per heavy atom. The van der Waals surface area contributed by atoms with E-state index in [2.05, 4.69) is 26.3 Å². The number of hydrogen-bond acceptors (Lipinski definition) is 7. The van der Waals surface area contributed by atoms with Crippen LogP contribution in [0.4, 0.5) is 11.6 Å². The molecule has 1 fully saturated rings. The molecule has 3 N–H and O–H groups in total. The minimum Gasteiger partial charge on any atom is -0.481 e. The Morgan fingerprint density at radius 2 is 2.00 bits per heavy atom. The van der Waals surface area contributed by atoms with Gasteiger partial charge >= 0.3 is 5.97 Å². The molecule has 4 rings (SSSR count). The van der Waals surface area contributed by atoms with Crippen LogP contribution in [0.1, 0.15) is 49.4 Å². The number of nitrogens with one attached hydrogen (secondary N) is 1. The van der Waals surface area contributed by atoms with Gasteiger partial charge in [-0.1, -0.05) is 13.0 Å². The lowest BCUT2D eigenvalue weighted by molar-refractivity contribution is -0.146. The monoisotopic (exact) mass is 466 g/mol. The zero-order valence-corrected chi connectivity index (χ0v) is 20.2. The molecule has 0 aliphatic heterocycles. The van der Waals surface area contributed by atoms with Crippen molar-refractivity contribution in [3.63, 3.8) is 0 Å². The van der Waals surface area contributed by atoms with E-state index in [0.717, 1.165) is 27.4 Å². The second-order valence-electron chi connectivity index (χ2n) is 9.34. The van der Waals surface area contributed by atoms with E-state index >= 15 is 0 Å². The minimum absolute atomic E-state index is 0.0182. The van der Waals surface area contributed by atoms with Crippen molar-refractivity contribution in [3.8, 4) is 10.4 Å². The van der Waals surface area contributed by atoms with E-state index in [1.165, 1.54) is 11.3 Å². The first-order valence-corrected chi connectivity index (χ1v) is 12.1. The van der Waals surface area contributed by atoms with Gasteiger partial charge in [-0.3, -0.25) is 4.79 Å². The summed E-state index contributed by atoms with van der Waals surface area (Å²) >= 11 is 1.48. The second kappa shape index (κ2) is 9.19. The molecule has 0 radical (unpaired) electrons. The maximum absolute atomic E-state index is 11.5. The quantitative estimate of drug-likeness (QED) is 0.452. The largest absolute Gasteiger partial charge is 0.481 e. The minimum atomic E-state index is -1.10. The topological polar surface area (TPSA) is 108 Å². The number of benzene rings is 1. The zero-order chi connectivity index (χ0) is 23.8. The van der Waals surface area contributed by atoms with Crippen LogP contribution in [0.3, 0.4) is 0 Å². The van der Waals surface area contributed by atoms with E-state index in [1.807, 2.05) is 52.1 Å². The standard InChI is InChI=1S/C25H30N4O3S/c1-14-9-17(12-19(10-14)29-24-26-8-7-16(3)28-24)21-13-27-23(33-21)25(4,32)18-5-6-20(22(30)31)15(2)11-18/h7-10,12-13,15,18,20,32H,5-6,11H2,1-4H3,(H,30,31)(H,26,28,29)/t15-,18+,20+,25-/m0/s1. The highest BCUT2D eigenvalue weighted by Crippen LogP contribution is 2.45. The summed E-state index contributed by atoms with van der Waals surface area (Å²) in [6.07, 6.45) is 5.47. The first-order chi connectivity index (χ1) is 15.6. The van der Waals surface area contributed by atoms with Crippen LogP contribution < -0.4 is 5.32 Å². The number of aliphatic hydroxyl groups is 1. The van der Waals surface area contributed by atoms with Crippen molar-refractivity contribution in [2.75, 3.05) is 5.32 Å². The Bertz CT molecular complexity index is 1160. The number of carboxylic acids is 1. The average molecular weight is 467 g/mol. The Morgan fingerprint density at radius 1 is 1.21 bits per heavy atom. The summed E-state index contributed by atoms with van der Waals surface area (Å²) < 4.78 is 0. The third-order valence-corrected chi connectivity index (χ3v) is 7.91.